The van der Waals surface area contributed by atoms with Crippen LogP contribution >= 0.6 is 0 Å². The van der Waals surface area contributed by atoms with Gasteiger partial charge in [-0.05, 0) is 11.6 Å². The summed E-state index contributed by atoms with van der Waals surface area (Å²) in [6.07, 6.45) is 3.92. The van der Waals surface area contributed by atoms with E-state index in [9.17, 15) is 14.9 Å². The van der Waals surface area contributed by atoms with E-state index >= 15 is 0 Å². The number of carbonyl (C=O) groups is 1. The number of hydrogen-bond donors (Lipinski definition) is 1. The molecule has 1 aromatic heterocycles. The molecule has 0 atom stereocenters. The van der Waals surface area contributed by atoms with Crippen molar-refractivity contribution in [1.29, 1.82) is 0 Å². The molecule has 0 unspecified atom stereocenters. The number of ether oxygens (including phenoxy) is 1. The van der Waals surface area contributed by atoms with Crippen molar-refractivity contribution in [2.45, 2.75) is 6.42 Å². The minimum absolute atomic E-state index is 0.122. The van der Waals surface area contributed by atoms with Crippen molar-refractivity contribution in [3.05, 3.63) is 51.8 Å². The summed E-state index contributed by atoms with van der Waals surface area (Å²) in [6, 6.07) is 3.80. The lowest BCUT2D eigenvalue weighted by Crippen LogP contribution is -2.08. The first-order valence-corrected chi connectivity index (χ1v) is 6.10. The topological polar surface area (TPSA) is 107 Å². The Hall–Kier alpha value is -2.90. The van der Waals surface area contributed by atoms with Crippen LogP contribution in [0.4, 0.5) is 5.69 Å². The van der Waals surface area contributed by atoms with Crippen LogP contribution < -0.4 is 4.74 Å². The molecule has 1 aromatic carbocycles. The van der Waals surface area contributed by atoms with E-state index in [2.05, 4.69) is 5.10 Å². The third kappa shape index (κ3) is 3.35. The molecule has 0 amide bonds. The highest BCUT2D eigenvalue weighted by Crippen LogP contribution is 2.31. The molecule has 0 bridgehead atoms. The first kappa shape index (κ1) is 14.5. The zero-order chi connectivity index (χ0) is 15.4. The molecule has 21 heavy (non-hydrogen) atoms. The van der Waals surface area contributed by atoms with Gasteiger partial charge in [0, 0.05) is 25.7 Å². The molecule has 0 spiro atoms. The molecule has 0 aliphatic heterocycles. The van der Waals surface area contributed by atoms with Crippen LogP contribution in [0.1, 0.15) is 15.9 Å². The van der Waals surface area contributed by atoms with E-state index in [1.165, 1.54) is 18.2 Å². The predicted octanol–water partition coefficient (Wildman–Crippen LogP) is 1.65. The van der Waals surface area contributed by atoms with Gasteiger partial charge in [0.15, 0.2) is 0 Å². The lowest BCUT2D eigenvalue weighted by molar-refractivity contribution is -0.385. The molecule has 0 saturated carbocycles. The van der Waals surface area contributed by atoms with E-state index in [4.69, 9.17) is 9.84 Å². The molecule has 8 nitrogen and oxygen atoms in total. The number of carboxylic acids is 1. The number of nitro groups is 1. The predicted molar refractivity (Wildman–Crippen MR) is 72.5 cm³/mol. The van der Waals surface area contributed by atoms with Crippen LogP contribution in [0.15, 0.2) is 30.6 Å². The normalized spacial score (nSPS) is 10.3. The number of aromatic carboxylic acids is 1. The lowest BCUT2D eigenvalue weighted by Gasteiger charge is -2.08. The number of hydrogen-bond acceptors (Lipinski definition) is 5. The van der Waals surface area contributed by atoms with E-state index in [1.807, 2.05) is 0 Å². The standard InChI is InChI=1S/C13H13N3O5/c1-15-8-9(7-14-15)5-6-21-12-10(13(17)18)3-2-4-11(12)16(19)20/h2-4,7-8H,5-6H2,1H3,(H,17,18). The second-order valence-electron chi connectivity index (χ2n) is 4.34. The molecule has 0 saturated heterocycles. The summed E-state index contributed by atoms with van der Waals surface area (Å²) in [5.74, 6) is -1.49. The Morgan fingerprint density at radius 2 is 2.29 bits per heavy atom. The van der Waals surface area contributed by atoms with E-state index in [1.54, 1.807) is 24.1 Å². The zero-order valence-corrected chi connectivity index (χ0v) is 11.2. The van der Waals surface area contributed by atoms with Crippen LogP contribution in [0, 0.1) is 10.1 Å². The van der Waals surface area contributed by atoms with E-state index in [0.717, 1.165) is 5.56 Å². The highest BCUT2D eigenvalue weighted by atomic mass is 16.6. The first-order chi connectivity index (χ1) is 9.99. The highest BCUT2D eigenvalue weighted by Gasteiger charge is 2.22. The Kier molecular flexibility index (Phi) is 4.17. The summed E-state index contributed by atoms with van der Waals surface area (Å²) in [6.45, 7) is 0.122. The Labute approximate surface area is 119 Å². The van der Waals surface area contributed by atoms with Crippen molar-refractivity contribution >= 4 is 11.7 Å². The van der Waals surface area contributed by atoms with Crippen molar-refractivity contribution in [3.8, 4) is 5.75 Å². The molecule has 0 radical (unpaired) electrons. The average Bonchev–Trinajstić information content (AvgIpc) is 2.84. The Morgan fingerprint density at radius 1 is 1.52 bits per heavy atom. The van der Waals surface area contributed by atoms with Gasteiger partial charge in [0.1, 0.15) is 5.56 Å². The SMILES string of the molecule is Cn1cc(CCOc2c(C(=O)O)cccc2[N+](=O)[O-])cn1. The summed E-state index contributed by atoms with van der Waals surface area (Å²) in [4.78, 5) is 21.4. The summed E-state index contributed by atoms with van der Waals surface area (Å²) in [5.41, 5.74) is 0.310. The fraction of sp³-hybridized carbons (Fsp3) is 0.231. The molecular formula is C13H13N3O5. The number of carboxylic acid groups (broad SMARTS) is 1. The number of para-hydroxylation sites is 1. The van der Waals surface area contributed by atoms with Gasteiger partial charge in [-0.1, -0.05) is 6.07 Å². The first-order valence-electron chi connectivity index (χ1n) is 6.10. The average molecular weight is 291 g/mol. The number of aromatic nitrogens is 2. The monoisotopic (exact) mass is 291 g/mol. The van der Waals surface area contributed by atoms with Crippen LogP contribution in [0.25, 0.3) is 0 Å². The Bertz CT molecular complexity index is 648. The zero-order valence-electron chi connectivity index (χ0n) is 11.2. The molecule has 2 rings (SSSR count). The molecule has 0 aliphatic carbocycles. The third-order valence-electron chi connectivity index (χ3n) is 2.82. The summed E-state index contributed by atoms with van der Waals surface area (Å²) in [5, 5.41) is 24.0. The fourth-order valence-electron chi connectivity index (χ4n) is 1.86. The molecule has 0 aliphatic rings. The Morgan fingerprint density at radius 3 is 2.86 bits per heavy atom. The summed E-state index contributed by atoms with van der Waals surface area (Å²) < 4.78 is 6.97. The van der Waals surface area contributed by atoms with Crippen molar-refractivity contribution in [2.75, 3.05) is 6.61 Å². The van der Waals surface area contributed by atoms with E-state index < -0.39 is 10.9 Å². The number of aryl methyl sites for hydroxylation is 1. The van der Waals surface area contributed by atoms with Gasteiger partial charge in [-0.25, -0.2) is 4.79 Å². The minimum Gasteiger partial charge on any atom is -0.486 e. The van der Waals surface area contributed by atoms with Crippen LogP contribution in [-0.2, 0) is 13.5 Å². The van der Waals surface area contributed by atoms with E-state index in [0.29, 0.717) is 6.42 Å². The second kappa shape index (κ2) is 6.04. The van der Waals surface area contributed by atoms with Crippen molar-refractivity contribution in [1.82, 2.24) is 9.78 Å². The van der Waals surface area contributed by atoms with Crippen LogP contribution in [0.5, 0.6) is 5.75 Å². The molecule has 8 heteroatoms. The molecule has 1 N–H and O–H groups in total. The molecular weight excluding hydrogens is 278 g/mol. The molecule has 1 heterocycles. The lowest BCUT2D eigenvalue weighted by atomic mass is 10.1. The van der Waals surface area contributed by atoms with Crippen molar-refractivity contribution in [3.63, 3.8) is 0 Å². The molecule has 110 valence electrons. The van der Waals surface area contributed by atoms with Crippen LogP contribution in [0.2, 0.25) is 0 Å². The van der Waals surface area contributed by atoms with Crippen LogP contribution in [-0.4, -0.2) is 32.4 Å². The second-order valence-corrected chi connectivity index (χ2v) is 4.34. The van der Waals surface area contributed by atoms with Gasteiger partial charge < -0.3 is 9.84 Å². The van der Waals surface area contributed by atoms with Gasteiger partial charge in [-0.3, -0.25) is 14.8 Å². The molecule has 0 fully saturated rings. The smallest absolute Gasteiger partial charge is 0.339 e. The maximum absolute atomic E-state index is 11.1. The molecule has 2 aromatic rings. The minimum atomic E-state index is -1.27. The van der Waals surface area contributed by atoms with Gasteiger partial charge in [-0.2, -0.15) is 5.10 Å². The summed E-state index contributed by atoms with van der Waals surface area (Å²) >= 11 is 0. The van der Waals surface area contributed by atoms with Gasteiger partial charge in [-0.15, -0.1) is 0 Å². The number of nitro benzene ring substituents is 1. The fourth-order valence-corrected chi connectivity index (χ4v) is 1.86. The van der Waals surface area contributed by atoms with Gasteiger partial charge >= 0.3 is 11.7 Å². The van der Waals surface area contributed by atoms with E-state index in [-0.39, 0.29) is 23.6 Å². The van der Waals surface area contributed by atoms with Crippen molar-refractivity contribution < 1.29 is 19.6 Å². The summed E-state index contributed by atoms with van der Waals surface area (Å²) in [7, 11) is 1.77. The van der Waals surface area contributed by atoms with Crippen LogP contribution in [0.3, 0.4) is 0 Å². The van der Waals surface area contributed by atoms with Gasteiger partial charge in [0.2, 0.25) is 5.75 Å². The maximum Gasteiger partial charge on any atom is 0.339 e. The Balaban J connectivity index is 2.17. The maximum atomic E-state index is 11.1. The third-order valence-corrected chi connectivity index (χ3v) is 2.82. The van der Waals surface area contributed by atoms with Gasteiger partial charge in [0.05, 0.1) is 17.7 Å². The largest absolute Gasteiger partial charge is 0.486 e. The number of rotatable bonds is 6. The number of benzene rings is 1. The van der Waals surface area contributed by atoms with Crippen molar-refractivity contribution in [2.24, 2.45) is 7.05 Å². The number of nitrogens with zero attached hydrogens (tertiary/aromatic N) is 3. The quantitative estimate of drug-likeness (QED) is 0.640. The highest BCUT2D eigenvalue weighted by molar-refractivity contribution is 5.92. The van der Waals surface area contributed by atoms with Gasteiger partial charge in [0.25, 0.3) is 0 Å².